The van der Waals surface area contributed by atoms with E-state index in [0.717, 1.165) is 19.7 Å². The SMILES string of the molecule is CC1OCCN(C2(CN)CCC2)C1C. The molecule has 2 rings (SSSR count). The van der Waals surface area contributed by atoms with Crippen LogP contribution in [0, 0.1) is 0 Å². The van der Waals surface area contributed by atoms with Crippen LogP contribution in [0.1, 0.15) is 33.1 Å². The summed E-state index contributed by atoms with van der Waals surface area (Å²) >= 11 is 0. The van der Waals surface area contributed by atoms with E-state index in [1.807, 2.05) is 0 Å². The molecule has 0 spiro atoms. The van der Waals surface area contributed by atoms with E-state index in [2.05, 4.69) is 18.7 Å². The molecule has 0 aromatic carbocycles. The summed E-state index contributed by atoms with van der Waals surface area (Å²) < 4.78 is 5.65. The van der Waals surface area contributed by atoms with E-state index in [4.69, 9.17) is 10.5 Å². The zero-order valence-corrected chi connectivity index (χ0v) is 9.33. The Morgan fingerprint density at radius 2 is 2.14 bits per heavy atom. The molecule has 1 aliphatic heterocycles. The molecule has 1 aliphatic carbocycles. The number of rotatable bonds is 2. The van der Waals surface area contributed by atoms with Crippen molar-refractivity contribution < 1.29 is 4.74 Å². The smallest absolute Gasteiger partial charge is 0.0700 e. The monoisotopic (exact) mass is 198 g/mol. The number of nitrogens with zero attached hydrogens (tertiary/aromatic N) is 1. The number of ether oxygens (including phenoxy) is 1. The third-order valence-electron chi connectivity index (χ3n) is 4.16. The summed E-state index contributed by atoms with van der Waals surface area (Å²) in [5.74, 6) is 0. The molecule has 2 unspecified atom stereocenters. The first-order valence-electron chi connectivity index (χ1n) is 5.78. The molecule has 1 saturated heterocycles. The Balaban J connectivity index is 2.07. The van der Waals surface area contributed by atoms with E-state index >= 15 is 0 Å². The lowest BCUT2D eigenvalue weighted by molar-refractivity contribution is -0.118. The Kier molecular flexibility index (Phi) is 2.82. The van der Waals surface area contributed by atoms with Crippen LogP contribution in [0.15, 0.2) is 0 Å². The predicted molar refractivity (Wildman–Crippen MR) is 57.2 cm³/mol. The minimum Gasteiger partial charge on any atom is -0.376 e. The summed E-state index contributed by atoms with van der Waals surface area (Å²) in [5.41, 5.74) is 6.24. The molecule has 1 saturated carbocycles. The first-order chi connectivity index (χ1) is 6.69. The van der Waals surface area contributed by atoms with Crippen LogP contribution in [0.25, 0.3) is 0 Å². The van der Waals surface area contributed by atoms with Gasteiger partial charge in [0.25, 0.3) is 0 Å². The number of morpholine rings is 1. The fourth-order valence-electron chi connectivity index (χ4n) is 2.80. The van der Waals surface area contributed by atoms with Crippen LogP contribution in [0.2, 0.25) is 0 Å². The zero-order valence-electron chi connectivity index (χ0n) is 9.33. The van der Waals surface area contributed by atoms with Gasteiger partial charge in [0.1, 0.15) is 0 Å². The molecule has 0 bridgehead atoms. The molecule has 2 N–H and O–H groups in total. The van der Waals surface area contributed by atoms with Crippen molar-refractivity contribution in [1.82, 2.24) is 4.90 Å². The highest BCUT2D eigenvalue weighted by Gasteiger charge is 2.45. The summed E-state index contributed by atoms with van der Waals surface area (Å²) in [7, 11) is 0. The molecule has 0 amide bonds. The fraction of sp³-hybridized carbons (Fsp3) is 1.00. The number of hydrogen-bond donors (Lipinski definition) is 1. The van der Waals surface area contributed by atoms with Crippen LogP contribution in [-0.2, 0) is 4.74 Å². The Morgan fingerprint density at radius 1 is 1.43 bits per heavy atom. The normalized spacial score (nSPS) is 37.9. The highest BCUT2D eigenvalue weighted by molar-refractivity contribution is 5.02. The largest absolute Gasteiger partial charge is 0.376 e. The Bertz CT molecular complexity index is 198. The third kappa shape index (κ3) is 1.47. The molecule has 0 radical (unpaired) electrons. The molecule has 2 fully saturated rings. The maximum Gasteiger partial charge on any atom is 0.0700 e. The molecule has 1 heterocycles. The van der Waals surface area contributed by atoms with Crippen LogP contribution in [0.4, 0.5) is 0 Å². The van der Waals surface area contributed by atoms with E-state index < -0.39 is 0 Å². The van der Waals surface area contributed by atoms with E-state index in [1.54, 1.807) is 0 Å². The first kappa shape index (κ1) is 10.4. The van der Waals surface area contributed by atoms with Crippen molar-refractivity contribution in [2.45, 2.75) is 50.8 Å². The molecular formula is C11H22N2O. The van der Waals surface area contributed by atoms with E-state index in [-0.39, 0.29) is 0 Å². The molecule has 82 valence electrons. The summed E-state index contributed by atoms with van der Waals surface area (Å²) in [6, 6.07) is 0.521. The van der Waals surface area contributed by atoms with Crippen molar-refractivity contribution in [3.63, 3.8) is 0 Å². The Morgan fingerprint density at radius 3 is 2.64 bits per heavy atom. The standard InChI is InChI=1S/C11H22N2O/c1-9-10(2)14-7-6-13(9)11(8-12)4-3-5-11/h9-10H,3-8,12H2,1-2H3. The molecule has 3 nitrogen and oxygen atoms in total. The summed E-state index contributed by atoms with van der Waals surface area (Å²) in [6.07, 6.45) is 4.25. The van der Waals surface area contributed by atoms with Crippen molar-refractivity contribution in [3.05, 3.63) is 0 Å². The molecule has 0 aromatic rings. The van der Waals surface area contributed by atoms with Gasteiger partial charge in [0.2, 0.25) is 0 Å². The predicted octanol–water partition coefficient (Wildman–Crippen LogP) is 0.977. The van der Waals surface area contributed by atoms with E-state index in [9.17, 15) is 0 Å². The lowest BCUT2D eigenvalue weighted by Crippen LogP contribution is -2.65. The average molecular weight is 198 g/mol. The van der Waals surface area contributed by atoms with Gasteiger partial charge in [0.15, 0.2) is 0 Å². The maximum atomic E-state index is 5.92. The maximum absolute atomic E-state index is 5.92. The summed E-state index contributed by atoms with van der Waals surface area (Å²) in [6.45, 7) is 7.17. The van der Waals surface area contributed by atoms with Gasteiger partial charge in [-0.3, -0.25) is 4.90 Å². The highest BCUT2D eigenvalue weighted by Crippen LogP contribution is 2.39. The second-order valence-electron chi connectivity index (χ2n) is 4.79. The average Bonchev–Trinajstić information content (AvgIpc) is 2.11. The Labute approximate surface area is 86.6 Å². The third-order valence-corrected chi connectivity index (χ3v) is 4.16. The second-order valence-corrected chi connectivity index (χ2v) is 4.79. The van der Waals surface area contributed by atoms with Gasteiger partial charge in [-0.2, -0.15) is 0 Å². The Hall–Kier alpha value is -0.120. The second kappa shape index (κ2) is 3.80. The number of hydrogen-bond acceptors (Lipinski definition) is 3. The minimum absolute atomic E-state index is 0.317. The molecule has 2 atom stereocenters. The van der Waals surface area contributed by atoms with Crippen LogP contribution < -0.4 is 5.73 Å². The molecule has 0 aromatic heterocycles. The molecule has 14 heavy (non-hydrogen) atoms. The van der Waals surface area contributed by atoms with Gasteiger partial charge in [-0.05, 0) is 33.1 Å². The topological polar surface area (TPSA) is 38.5 Å². The summed E-state index contributed by atoms with van der Waals surface area (Å²) in [5, 5.41) is 0. The highest BCUT2D eigenvalue weighted by atomic mass is 16.5. The van der Waals surface area contributed by atoms with E-state index in [1.165, 1.54) is 19.3 Å². The van der Waals surface area contributed by atoms with Crippen LogP contribution in [0.3, 0.4) is 0 Å². The van der Waals surface area contributed by atoms with Gasteiger partial charge in [-0.1, -0.05) is 0 Å². The van der Waals surface area contributed by atoms with Crippen LogP contribution in [-0.4, -0.2) is 42.3 Å². The lowest BCUT2D eigenvalue weighted by atomic mass is 9.74. The van der Waals surface area contributed by atoms with Crippen molar-refractivity contribution >= 4 is 0 Å². The van der Waals surface area contributed by atoms with Crippen molar-refractivity contribution in [2.24, 2.45) is 5.73 Å². The molecule has 2 aliphatic rings. The lowest BCUT2D eigenvalue weighted by Gasteiger charge is -2.55. The van der Waals surface area contributed by atoms with Crippen LogP contribution >= 0.6 is 0 Å². The van der Waals surface area contributed by atoms with Gasteiger partial charge in [-0.25, -0.2) is 0 Å². The van der Waals surface area contributed by atoms with Gasteiger partial charge in [-0.15, -0.1) is 0 Å². The van der Waals surface area contributed by atoms with Crippen molar-refractivity contribution in [3.8, 4) is 0 Å². The fourth-order valence-corrected chi connectivity index (χ4v) is 2.80. The van der Waals surface area contributed by atoms with Crippen molar-refractivity contribution in [2.75, 3.05) is 19.7 Å². The van der Waals surface area contributed by atoms with Crippen molar-refractivity contribution in [1.29, 1.82) is 0 Å². The first-order valence-corrected chi connectivity index (χ1v) is 5.78. The quantitative estimate of drug-likeness (QED) is 0.719. The zero-order chi connectivity index (χ0) is 10.2. The molecular weight excluding hydrogens is 176 g/mol. The van der Waals surface area contributed by atoms with Crippen LogP contribution in [0.5, 0.6) is 0 Å². The van der Waals surface area contributed by atoms with E-state index in [0.29, 0.717) is 17.7 Å². The summed E-state index contributed by atoms with van der Waals surface area (Å²) in [4.78, 5) is 2.59. The van der Waals surface area contributed by atoms with Gasteiger partial charge in [0.05, 0.1) is 12.7 Å². The molecule has 3 heteroatoms. The van der Waals surface area contributed by atoms with Gasteiger partial charge < -0.3 is 10.5 Å². The van der Waals surface area contributed by atoms with Gasteiger partial charge >= 0.3 is 0 Å². The van der Waals surface area contributed by atoms with Gasteiger partial charge in [0, 0.05) is 24.7 Å². The number of nitrogens with two attached hydrogens (primary N) is 1. The minimum atomic E-state index is 0.317.